The molecule has 0 aliphatic heterocycles. The van der Waals surface area contributed by atoms with Gasteiger partial charge in [-0.3, -0.25) is 4.79 Å². The summed E-state index contributed by atoms with van der Waals surface area (Å²) < 4.78 is 23.4. The highest BCUT2D eigenvalue weighted by Crippen LogP contribution is 2.21. The average molecular weight is 264 g/mol. The molecule has 0 saturated heterocycles. The second kappa shape index (κ2) is 5.60. The van der Waals surface area contributed by atoms with Crippen molar-refractivity contribution in [3.05, 3.63) is 41.3 Å². The zero-order valence-electron chi connectivity index (χ0n) is 10.6. The molecule has 2 aromatic rings. The van der Waals surface area contributed by atoms with E-state index in [4.69, 9.17) is 9.26 Å². The average Bonchev–Trinajstić information content (AvgIpc) is 2.85. The number of aryl methyl sites for hydroxylation is 1. The van der Waals surface area contributed by atoms with Crippen LogP contribution in [-0.4, -0.2) is 15.9 Å². The topological polar surface area (TPSA) is 65.2 Å². The Hall–Kier alpha value is -2.24. The molecule has 100 valence electrons. The minimum Gasteiger partial charge on any atom is -0.483 e. The molecule has 0 fully saturated rings. The molecule has 1 heterocycles. The molecule has 0 atom stereocenters. The van der Waals surface area contributed by atoms with Crippen molar-refractivity contribution in [2.24, 2.45) is 0 Å². The third-order valence-electron chi connectivity index (χ3n) is 2.50. The van der Waals surface area contributed by atoms with Crippen LogP contribution in [-0.2, 0) is 13.0 Å². The van der Waals surface area contributed by atoms with E-state index in [1.165, 1.54) is 19.1 Å². The maximum atomic E-state index is 13.1. The zero-order chi connectivity index (χ0) is 13.8. The highest BCUT2D eigenvalue weighted by Gasteiger charge is 2.12. The summed E-state index contributed by atoms with van der Waals surface area (Å²) in [7, 11) is 0. The van der Waals surface area contributed by atoms with Gasteiger partial charge in [-0.15, -0.1) is 0 Å². The molecule has 0 spiro atoms. The van der Waals surface area contributed by atoms with Crippen LogP contribution in [0.15, 0.2) is 22.7 Å². The lowest BCUT2D eigenvalue weighted by Crippen LogP contribution is -2.02. The molecule has 0 aliphatic rings. The first-order chi connectivity index (χ1) is 9.10. The highest BCUT2D eigenvalue weighted by atomic mass is 19.1. The Morgan fingerprint density at radius 3 is 2.89 bits per heavy atom. The molecule has 0 aliphatic carbocycles. The van der Waals surface area contributed by atoms with Gasteiger partial charge in [-0.25, -0.2) is 4.39 Å². The summed E-state index contributed by atoms with van der Waals surface area (Å²) in [6.07, 6.45) is 0.665. The monoisotopic (exact) mass is 264 g/mol. The lowest BCUT2D eigenvalue weighted by atomic mass is 10.1. The van der Waals surface area contributed by atoms with E-state index in [1.54, 1.807) is 0 Å². The smallest absolute Gasteiger partial charge is 0.264 e. The molecule has 19 heavy (non-hydrogen) atoms. The fourth-order valence-electron chi connectivity index (χ4n) is 1.54. The SMILES string of the molecule is CCc1noc(COc2ccc(F)cc2C(C)=O)n1. The second-order valence-corrected chi connectivity index (χ2v) is 3.94. The van der Waals surface area contributed by atoms with Gasteiger partial charge in [0.15, 0.2) is 18.2 Å². The van der Waals surface area contributed by atoms with Crippen molar-refractivity contribution in [1.82, 2.24) is 10.1 Å². The van der Waals surface area contributed by atoms with Crippen LogP contribution >= 0.6 is 0 Å². The summed E-state index contributed by atoms with van der Waals surface area (Å²) in [6.45, 7) is 3.30. The van der Waals surface area contributed by atoms with Crippen molar-refractivity contribution < 1.29 is 18.4 Å². The van der Waals surface area contributed by atoms with Crippen molar-refractivity contribution in [1.29, 1.82) is 0 Å². The predicted molar refractivity (Wildman–Crippen MR) is 64.4 cm³/mol. The van der Waals surface area contributed by atoms with Gasteiger partial charge in [0.05, 0.1) is 5.56 Å². The molecular formula is C13H13FN2O3. The summed E-state index contributed by atoms with van der Waals surface area (Å²) in [5.41, 5.74) is 0.190. The number of hydrogen-bond donors (Lipinski definition) is 0. The van der Waals surface area contributed by atoms with Crippen molar-refractivity contribution in [3.63, 3.8) is 0 Å². The predicted octanol–water partition coefficient (Wildman–Crippen LogP) is 2.55. The van der Waals surface area contributed by atoms with Crippen LogP contribution in [0, 0.1) is 5.82 Å². The van der Waals surface area contributed by atoms with Crippen molar-refractivity contribution >= 4 is 5.78 Å². The number of benzene rings is 1. The van der Waals surface area contributed by atoms with Crippen molar-refractivity contribution in [2.45, 2.75) is 26.9 Å². The quantitative estimate of drug-likeness (QED) is 0.776. The standard InChI is InChI=1S/C13H13FN2O3/c1-3-12-15-13(19-16-12)7-18-11-5-4-9(14)6-10(11)8(2)17/h4-6H,3,7H2,1-2H3. The molecule has 2 rings (SSSR count). The van der Waals surface area contributed by atoms with Gasteiger partial charge in [0.1, 0.15) is 11.6 Å². The van der Waals surface area contributed by atoms with E-state index in [0.717, 1.165) is 6.07 Å². The van der Waals surface area contributed by atoms with Gasteiger partial charge >= 0.3 is 0 Å². The molecule has 0 saturated carbocycles. The van der Waals surface area contributed by atoms with Gasteiger partial charge < -0.3 is 9.26 Å². The van der Waals surface area contributed by atoms with E-state index in [2.05, 4.69) is 10.1 Å². The minimum atomic E-state index is -0.483. The number of carbonyl (C=O) groups excluding carboxylic acids is 1. The number of Topliss-reactive ketones (excluding diaryl/α,β-unsaturated/α-hetero) is 1. The van der Waals surface area contributed by atoms with E-state index >= 15 is 0 Å². The lowest BCUT2D eigenvalue weighted by Gasteiger charge is -2.07. The Balaban J connectivity index is 2.12. The first-order valence-electron chi connectivity index (χ1n) is 5.85. The largest absolute Gasteiger partial charge is 0.483 e. The number of aromatic nitrogens is 2. The summed E-state index contributed by atoms with van der Waals surface area (Å²) >= 11 is 0. The van der Waals surface area contributed by atoms with Crippen LogP contribution in [0.2, 0.25) is 0 Å². The Morgan fingerprint density at radius 1 is 1.47 bits per heavy atom. The first kappa shape index (κ1) is 13.2. The fraction of sp³-hybridized carbons (Fsp3) is 0.308. The number of carbonyl (C=O) groups is 1. The van der Waals surface area contributed by atoms with Gasteiger partial charge in [0.2, 0.25) is 0 Å². The number of nitrogens with zero attached hydrogens (tertiary/aromatic N) is 2. The number of ether oxygens (including phenoxy) is 1. The number of hydrogen-bond acceptors (Lipinski definition) is 5. The van der Waals surface area contributed by atoms with Crippen LogP contribution in [0.3, 0.4) is 0 Å². The molecule has 0 unspecified atom stereocenters. The normalized spacial score (nSPS) is 10.5. The van der Waals surface area contributed by atoms with Crippen LogP contribution in [0.1, 0.15) is 35.9 Å². The Kier molecular flexibility index (Phi) is 3.89. The van der Waals surface area contributed by atoms with Gasteiger partial charge in [-0.1, -0.05) is 12.1 Å². The van der Waals surface area contributed by atoms with Crippen molar-refractivity contribution in [3.8, 4) is 5.75 Å². The maximum absolute atomic E-state index is 13.1. The van der Waals surface area contributed by atoms with E-state index in [9.17, 15) is 9.18 Å². The molecular weight excluding hydrogens is 251 g/mol. The van der Waals surface area contributed by atoms with Gasteiger partial charge in [-0.05, 0) is 25.1 Å². The van der Waals surface area contributed by atoms with E-state index < -0.39 is 5.82 Å². The van der Waals surface area contributed by atoms with Crippen LogP contribution < -0.4 is 4.74 Å². The van der Waals surface area contributed by atoms with E-state index in [0.29, 0.717) is 23.9 Å². The Bertz CT molecular complexity index is 595. The van der Waals surface area contributed by atoms with Crippen LogP contribution in [0.25, 0.3) is 0 Å². The van der Waals surface area contributed by atoms with Gasteiger partial charge in [0, 0.05) is 6.42 Å². The number of rotatable bonds is 5. The molecule has 5 nitrogen and oxygen atoms in total. The third kappa shape index (κ3) is 3.15. The number of ketones is 1. The summed E-state index contributed by atoms with van der Waals surface area (Å²) in [4.78, 5) is 15.5. The highest BCUT2D eigenvalue weighted by molar-refractivity contribution is 5.96. The molecule has 1 aromatic carbocycles. The van der Waals surface area contributed by atoms with Crippen LogP contribution in [0.4, 0.5) is 4.39 Å². The summed E-state index contributed by atoms with van der Waals surface area (Å²) in [5, 5.41) is 3.73. The van der Waals surface area contributed by atoms with Gasteiger partial charge in [0.25, 0.3) is 5.89 Å². The maximum Gasteiger partial charge on any atom is 0.264 e. The lowest BCUT2D eigenvalue weighted by molar-refractivity contribution is 0.101. The summed E-state index contributed by atoms with van der Waals surface area (Å²) in [6, 6.07) is 3.78. The van der Waals surface area contributed by atoms with E-state index in [-0.39, 0.29) is 18.0 Å². The second-order valence-electron chi connectivity index (χ2n) is 3.94. The Labute approximate surface area is 109 Å². The molecule has 0 radical (unpaired) electrons. The zero-order valence-corrected chi connectivity index (χ0v) is 10.6. The van der Waals surface area contributed by atoms with Crippen molar-refractivity contribution in [2.75, 3.05) is 0 Å². The van der Waals surface area contributed by atoms with E-state index in [1.807, 2.05) is 6.92 Å². The molecule has 0 N–H and O–H groups in total. The molecule has 0 amide bonds. The molecule has 6 heteroatoms. The minimum absolute atomic E-state index is 0.0406. The summed E-state index contributed by atoms with van der Waals surface area (Å²) in [5.74, 6) is 0.447. The molecule has 0 bridgehead atoms. The Morgan fingerprint density at radius 2 is 2.26 bits per heavy atom. The van der Waals surface area contributed by atoms with Gasteiger partial charge in [-0.2, -0.15) is 4.98 Å². The number of halogens is 1. The molecule has 1 aromatic heterocycles. The fourth-order valence-corrected chi connectivity index (χ4v) is 1.54. The first-order valence-corrected chi connectivity index (χ1v) is 5.85. The van der Waals surface area contributed by atoms with Crippen LogP contribution in [0.5, 0.6) is 5.75 Å². The third-order valence-corrected chi connectivity index (χ3v) is 2.50.